The minimum atomic E-state index is -0.325. The van der Waals surface area contributed by atoms with Crippen molar-refractivity contribution in [3.8, 4) is 0 Å². The summed E-state index contributed by atoms with van der Waals surface area (Å²) >= 11 is 0. The molecule has 0 aliphatic carbocycles. The molecule has 0 aromatic heterocycles. The SMILES string of the molecule is N=C(N)CNC(=O)NCc1ccccc1. The normalized spacial score (nSPS) is 9.33. The van der Waals surface area contributed by atoms with Crippen molar-refractivity contribution in [1.29, 1.82) is 5.41 Å². The minimum absolute atomic E-state index is 0.0649. The summed E-state index contributed by atoms with van der Waals surface area (Å²) in [4.78, 5) is 11.1. The van der Waals surface area contributed by atoms with Gasteiger partial charge in [0.05, 0.1) is 6.54 Å². The Morgan fingerprint density at radius 1 is 1.27 bits per heavy atom. The summed E-state index contributed by atoms with van der Waals surface area (Å²) in [5.41, 5.74) is 6.11. The number of nitrogens with two attached hydrogens (primary N) is 1. The fourth-order valence-corrected chi connectivity index (χ4v) is 1.02. The zero-order chi connectivity index (χ0) is 11.1. The van der Waals surface area contributed by atoms with E-state index in [-0.39, 0.29) is 18.4 Å². The van der Waals surface area contributed by atoms with E-state index in [0.29, 0.717) is 6.54 Å². The van der Waals surface area contributed by atoms with Crippen LogP contribution in [0, 0.1) is 5.41 Å². The summed E-state index contributed by atoms with van der Waals surface area (Å²) in [6, 6.07) is 9.25. The van der Waals surface area contributed by atoms with Gasteiger partial charge in [0.1, 0.15) is 5.84 Å². The lowest BCUT2D eigenvalue weighted by Gasteiger charge is -2.06. The fourth-order valence-electron chi connectivity index (χ4n) is 1.02. The summed E-state index contributed by atoms with van der Waals surface area (Å²) in [7, 11) is 0. The Bertz CT molecular complexity index is 337. The van der Waals surface area contributed by atoms with E-state index in [1.807, 2.05) is 30.3 Å². The van der Waals surface area contributed by atoms with E-state index in [9.17, 15) is 4.79 Å². The number of carbonyl (C=O) groups excluding carboxylic acids is 1. The van der Waals surface area contributed by atoms with Crippen molar-refractivity contribution in [3.05, 3.63) is 35.9 Å². The number of rotatable bonds is 4. The molecule has 5 heteroatoms. The Hall–Kier alpha value is -2.04. The van der Waals surface area contributed by atoms with Gasteiger partial charge in [-0.05, 0) is 5.56 Å². The first kappa shape index (κ1) is 11.0. The van der Waals surface area contributed by atoms with Gasteiger partial charge in [-0.25, -0.2) is 4.79 Å². The summed E-state index contributed by atoms with van der Waals surface area (Å²) in [5, 5.41) is 12.0. The highest BCUT2D eigenvalue weighted by Gasteiger charge is 1.99. The third-order valence-corrected chi connectivity index (χ3v) is 1.74. The number of benzene rings is 1. The molecule has 2 amide bonds. The van der Waals surface area contributed by atoms with Crippen LogP contribution < -0.4 is 16.4 Å². The minimum Gasteiger partial charge on any atom is -0.386 e. The molecule has 0 saturated carbocycles. The van der Waals surface area contributed by atoms with Gasteiger partial charge in [0.15, 0.2) is 0 Å². The molecular weight excluding hydrogens is 192 g/mol. The number of hydrogen-bond donors (Lipinski definition) is 4. The molecule has 0 aliphatic rings. The van der Waals surface area contributed by atoms with Crippen LogP contribution in [0.5, 0.6) is 0 Å². The summed E-state index contributed by atoms with van der Waals surface area (Å²) in [6.07, 6.45) is 0. The molecule has 1 aromatic rings. The zero-order valence-electron chi connectivity index (χ0n) is 8.29. The van der Waals surface area contributed by atoms with Gasteiger partial charge in [-0.15, -0.1) is 0 Å². The number of carbonyl (C=O) groups is 1. The highest BCUT2D eigenvalue weighted by atomic mass is 16.2. The van der Waals surface area contributed by atoms with Gasteiger partial charge in [0.2, 0.25) is 0 Å². The molecule has 5 nitrogen and oxygen atoms in total. The van der Waals surface area contributed by atoms with Crippen LogP contribution in [0.15, 0.2) is 30.3 Å². The van der Waals surface area contributed by atoms with Crippen LogP contribution in [-0.4, -0.2) is 18.4 Å². The third kappa shape index (κ3) is 4.66. The van der Waals surface area contributed by atoms with Crippen LogP contribution in [0.4, 0.5) is 4.79 Å². The van der Waals surface area contributed by atoms with Gasteiger partial charge in [-0.3, -0.25) is 5.41 Å². The maximum Gasteiger partial charge on any atom is 0.315 e. The van der Waals surface area contributed by atoms with Gasteiger partial charge in [-0.1, -0.05) is 30.3 Å². The van der Waals surface area contributed by atoms with Crippen LogP contribution in [0.25, 0.3) is 0 Å². The van der Waals surface area contributed by atoms with Crippen LogP contribution in [0.3, 0.4) is 0 Å². The molecule has 5 N–H and O–H groups in total. The largest absolute Gasteiger partial charge is 0.386 e. The lowest BCUT2D eigenvalue weighted by atomic mass is 10.2. The Morgan fingerprint density at radius 3 is 2.53 bits per heavy atom. The number of nitrogens with one attached hydrogen (secondary N) is 3. The van der Waals surface area contributed by atoms with Crippen molar-refractivity contribution >= 4 is 11.9 Å². The fraction of sp³-hybridized carbons (Fsp3) is 0.200. The second kappa shape index (κ2) is 5.64. The molecule has 0 atom stereocenters. The van der Waals surface area contributed by atoms with Crippen molar-refractivity contribution in [3.63, 3.8) is 0 Å². The van der Waals surface area contributed by atoms with E-state index in [2.05, 4.69) is 10.6 Å². The van der Waals surface area contributed by atoms with Crippen LogP contribution >= 0.6 is 0 Å². The Balaban J connectivity index is 2.26. The van der Waals surface area contributed by atoms with E-state index < -0.39 is 0 Å². The van der Waals surface area contributed by atoms with Crippen LogP contribution in [0.1, 0.15) is 5.56 Å². The predicted molar refractivity (Wildman–Crippen MR) is 58.6 cm³/mol. The number of urea groups is 1. The number of amidine groups is 1. The quantitative estimate of drug-likeness (QED) is 0.425. The van der Waals surface area contributed by atoms with Gasteiger partial charge < -0.3 is 16.4 Å². The second-order valence-electron chi connectivity index (χ2n) is 3.05. The molecule has 15 heavy (non-hydrogen) atoms. The highest BCUT2D eigenvalue weighted by molar-refractivity contribution is 5.84. The second-order valence-corrected chi connectivity index (χ2v) is 3.05. The zero-order valence-corrected chi connectivity index (χ0v) is 8.29. The number of amides is 2. The van der Waals surface area contributed by atoms with Gasteiger partial charge in [-0.2, -0.15) is 0 Å². The van der Waals surface area contributed by atoms with Gasteiger partial charge in [0, 0.05) is 6.54 Å². The van der Waals surface area contributed by atoms with Crippen molar-refractivity contribution in [2.24, 2.45) is 5.73 Å². The van der Waals surface area contributed by atoms with Gasteiger partial charge in [0.25, 0.3) is 0 Å². The molecule has 0 unspecified atom stereocenters. The molecule has 80 valence electrons. The topological polar surface area (TPSA) is 91.0 Å². The summed E-state index contributed by atoms with van der Waals surface area (Å²) in [5.74, 6) is -0.0649. The smallest absolute Gasteiger partial charge is 0.315 e. The first-order chi connectivity index (χ1) is 7.18. The molecule has 0 saturated heterocycles. The van der Waals surface area contributed by atoms with Crippen LogP contribution in [0.2, 0.25) is 0 Å². The molecular formula is C10H14N4O. The monoisotopic (exact) mass is 206 g/mol. The molecule has 1 aromatic carbocycles. The van der Waals surface area contributed by atoms with E-state index in [4.69, 9.17) is 11.1 Å². The predicted octanol–water partition coefficient (Wildman–Crippen LogP) is 0.422. The standard InChI is InChI=1S/C10H14N4O/c11-9(12)7-14-10(15)13-6-8-4-2-1-3-5-8/h1-5H,6-7H2,(H3,11,12)(H2,13,14,15). The van der Waals surface area contributed by atoms with E-state index in [1.165, 1.54) is 0 Å². The summed E-state index contributed by atoms with van der Waals surface area (Å²) < 4.78 is 0. The van der Waals surface area contributed by atoms with Crippen molar-refractivity contribution in [2.75, 3.05) is 6.54 Å². The summed E-state index contributed by atoms with van der Waals surface area (Å²) in [6.45, 7) is 0.533. The van der Waals surface area contributed by atoms with Crippen LogP contribution in [-0.2, 0) is 6.54 Å². The molecule has 0 fully saturated rings. The van der Waals surface area contributed by atoms with Crippen molar-refractivity contribution in [1.82, 2.24) is 10.6 Å². The average molecular weight is 206 g/mol. The molecule has 1 rings (SSSR count). The average Bonchev–Trinajstić information content (AvgIpc) is 2.25. The van der Waals surface area contributed by atoms with E-state index >= 15 is 0 Å². The van der Waals surface area contributed by atoms with Crippen molar-refractivity contribution in [2.45, 2.75) is 6.54 Å². The maximum absolute atomic E-state index is 11.1. The Morgan fingerprint density at radius 2 is 1.93 bits per heavy atom. The van der Waals surface area contributed by atoms with Crippen molar-refractivity contribution < 1.29 is 4.79 Å². The lowest BCUT2D eigenvalue weighted by Crippen LogP contribution is -2.39. The van der Waals surface area contributed by atoms with Gasteiger partial charge >= 0.3 is 6.03 Å². The molecule has 0 heterocycles. The lowest BCUT2D eigenvalue weighted by molar-refractivity contribution is 0.241. The Labute approximate surface area is 88.2 Å². The first-order valence-corrected chi connectivity index (χ1v) is 4.57. The maximum atomic E-state index is 11.1. The third-order valence-electron chi connectivity index (χ3n) is 1.74. The van der Waals surface area contributed by atoms with E-state index in [1.54, 1.807) is 0 Å². The van der Waals surface area contributed by atoms with E-state index in [0.717, 1.165) is 5.56 Å². The first-order valence-electron chi connectivity index (χ1n) is 4.57. The molecule has 0 spiro atoms. The highest BCUT2D eigenvalue weighted by Crippen LogP contribution is 1.96. The Kier molecular flexibility index (Phi) is 4.15. The number of hydrogen-bond acceptors (Lipinski definition) is 2. The molecule has 0 radical (unpaired) electrons. The molecule has 0 bridgehead atoms. The molecule has 0 aliphatic heterocycles.